The molecule has 3 rings (SSSR count). The second kappa shape index (κ2) is 9.05. The van der Waals surface area contributed by atoms with Crippen molar-refractivity contribution in [3.8, 4) is 0 Å². The summed E-state index contributed by atoms with van der Waals surface area (Å²) in [5.41, 5.74) is 5.61. The minimum Gasteiger partial charge on any atom is -0.446 e. The lowest BCUT2D eigenvalue weighted by molar-refractivity contribution is 0.0977. The molecule has 0 aliphatic heterocycles. The fourth-order valence-electron chi connectivity index (χ4n) is 3.41. The Hall–Kier alpha value is -3.30. The quantitative estimate of drug-likeness (QED) is 0.514. The molecular weight excluding hydrogens is 420 g/mol. The topological polar surface area (TPSA) is 109 Å². The Kier molecular flexibility index (Phi) is 6.61. The van der Waals surface area contributed by atoms with Crippen molar-refractivity contribution in [2.75, 3.05) is 18.5 Å². The molecule has 0 aliphatic carbocycles. The van der Waals surface area contributed by atoms with Gasteiger partial charge in [-0.2, -0.15) is 0 Å². The summed E-state index contributed by atoms with van der Waals surface area (Å²) < 4.78 is 33.0. The zero-order chi connectivity index (χ0) is 23.6. The number of anilines is 1. The van der Waals surface area contributed by atoms with Gasteiger partial charge in [0.05, 0.1) is 12.0 Å². The molecule has 2 amide bonds. The predicted octanol–water partition coefficient (Wildman–Crippen LogP) is 3.66. The van der Waals surface area contributed by atoms with Gasteiger partial charge >= 0.3 is 0 Å². The van der Waals surface area contributed by atoms with Gasteiger partial charge in [0, 0.05) is 30.3 Å². The summed E-state index contributed by atoms with van der Waals surface area (Å²) in [5, 5.41) is 11.7. The zero-order valence-corrected chi connectivity index (χ0v) is 18.0. The molecule has 2 aromatic carbocycles. The van der Waals surface area contributed by atoms with E-state index >= 15 is 0 Å². The molecule has 0 aliphatic rings. The molecule has 0 spiro atoms. The minimum absolute atomic E-state index is 0.00593. The number of primary amides is 1. The van der Waals surface area contributed by atoms with Crippen molar-refractivity contribution in [3.05, 3.63) is 64.9 Å². The molecule has 4 N–H and O–H groups in total. The van der Waals surface area contributed by atoms with Crippen LogP contribution in [0.2, 0.25) is 0 Å². The van der Waals surface area contributed by atoms with Crippen LogP contribution in [-0.2, 0) is 6.54 Å². The second-order valence-electron chi connectivity index (χ2n) is 8.41. The van der Waals surface area contributed by atoms with Gasteiger partial charge in [-0.15, -0.1) is 0 Å². The summed E-state index contributed by atoms with van der Waals surface area (Å²) in [4.78, 5) is 26.7. The normalized spacial score (nSPS) is 11.8. The minimum atomic E-state index is -1.03. The fourth-order valence-corrected chi connectivity index (χ4v) is 3.41. The van der Waals surface area contributed by atoms with Crippen LogP contribution in [-0.4, -0.2) is 40.5 Å². The molecule has 3 aromatic rings. The Morgan fingerprint density at radius 1 is 1.19 bits per heavy atom. The lowest BCUT2D eigenvalue weighted by Crippen LogP contribution is -2.42. The Balaban J connectivity index is 1.93. The van der Waals surface area contributed by atoms with Crippen LogP contribution < -0.4 is 11.1 Å². The Bertz CT molecular complexity index is 1170. The number of fused-ring (bicyclic) bond motifs is 1. The molecule has 7 nitrogen and oxygen atoms in total. The third kappa shape index (κ3) is 4.95. The van der Waals surface area contributed by atoms with Crippen LogP contribution in [0.15, 0.2) is 40.8 Å². The molecule has 32 heavy (non-hydrogen) atoms. The summed E-state index contributed by atoms with van der Waals surface area (Å²) in [6.07, 6.45) is 0. The highest BCUT2D eigenvalue weighted by atomic mass is 19.1. The number of halogens is 2. The van der Waals surface area contributed by atoms with Crippen LogP contribution >= 0.6 is 0 Å². The van der Waals surface area contributed by atoms with Crippen molar-refractivity contribution in [1.29, 1.82) is 0 Å². The number of nitrogens with two attached hydrogens (primary N) is 1. The van der Waals surface area contributed by atoms with Crippen LogP contribution in [0.5, 0.6) is 0 Å². The number of β-amino-alcohol motifs (C(OH)–C–C–N with tert-alkyl or cyclic N) is 1. The van der Waals surface area contributed by atoms with Crippen LogP contribution in [0.25, 0.3) is 11.0 Å². The number of carbonyl (C=O) groups excluding carboxylic acids is 2. The number of rotatable bonds is 7. The van der Waals surface area contributed by atoms with Crippen molar-refractivity contribution in [2.24, 2.45) is 5.73 Å². The maximum absolute atomic E-state index is 14.1. The molecular formula is C23H25F2N3O4. The van der Waals surface area contributed by atoms with Gasteiger partial charge in [-0.3, -0.25) is 14.5 Å². The van der Waals surface area contributed by atoms with E-state index in [4.69, 9.17) is 10.2 Å². The first-order valence-electron chi connectivity index (χ1n) is 9.99. The highest BCUT2D eigenvalue weighted by Crippen LogP contribution is 2.33. The molecule has 0 bridgehead atoms. The van der Waals surface area contributed by atoms with E-state index in [-0.39, 0.29) is 34.4 Å². The number of nitrogens with zero attached hydrogens (tertiary/aromatic N) is 1. The highest BCUT2D eigenvalue weighted by molar-refractivity contribution is 6.14. The number of carbonyl (C=O) groups is 2. The van der Waals surface area contributed by atoms with Crippen LogP contribution in [0, 0.1) is 11.6 Å². The predicted molar refractivity (Wildman–Crippen MR) is 116 cm³/mol. The number of aliphatic hydroxyl groups excluding tert-OH is 1. The first-order chi connectivity index (χ1) is 15.0. The number of hydrogen-bond acceptors (Lipinski definition) is 5. The first kappa shape index (κ1) is 23.4. The van der Waals surface area contributed by atoms with Gasteiger partial charge in [0.2, 0.25) is 5.76 Å². The van der Waals surface area contributed by atoms with E-state index in [1.165, 1.54) is 0 Å². The summed E-state index contributed by atoms with van der Waals surface area (Å²) in [6.45, 7) is 7.00. The summed E-state index contributed by atoms with van der Waals surface area (Å²) in [6, 6.07) is 8.35. The Morgan fingerprint density at radius 2 is 1.91 bits per heavy atom. The van der Waals surface area contributed by atoms with Crippen LogP contribution in [0.1, 0.15) is 47.2 Å². The van der Waals surface area contributed by atoms with E-state index in [2.05, 4.69) is 10.2 Å². The van der Waals surface area contributed by atoms with E-state index < -0.39 is 29.2 Å². The number of amides is 2. The highest BCUT2D eigenvalue weighted by Gasteiger charge is 2.24. The summed E-state index contributed by atoms with van der Waals surface area (Å²) in [7, 11) is 0. The van der Waals surface area contributed by atoms with Gasteiger partial charge in [0.25, 0.3) is 11.8 Å². The van der Waals surface area contributed by atoms with Crippen LogP contribution in [0.4, 0.5) is 14.5 Å². The smallest absolute Gasteiger partial charge is 0.286 e. The summed E-state index contributed by atoms with van der Waals surface area (Å²) >= 11 is 0. The van der Waals surface area contributed by atoms with Gasteiger partial charge in [-0.25, -0.2) is 8.78 Å². The molecule has 170 valence electrons. The third-order valence-electron chi connectivity index (χ3n) is 5.05. The molecule has 1 heterocycles. The summed E-state index contributed by atoms with van der Waals surface area (Å²) in [5.74, 6) is -4.02. The average Bonchev–Trinajstić information content (AvgIpc) is 3.06. The molecule has 0 fully saturated rings. The third-order valence-corrected chi connectivity index (χ3v) is 5.05. The van der Waals surface area contributed by atoms with E-state index in [0.717, 1.165) is 11.6 Å². The molecule has 1 aromatic heterocycles. The maximum Gasteiger partial charge on any atom is 0.286 e. The van der Waals surface area contributed by atoms with Gasteiger partial charge in [-0.1, -0.05) is 12.1 Å². The Morgan fingerprint density at radius 3 is 2.53 bits per heavy atom. The molecule has 0 atom stereocenters. The van der Waals surface area contributed by atoms with Crippen molar-refractivity contribution in [3.63, 3.8) is 0 Å². The Labute approximate surface area is 183 Å². The van der Waals surface area contributed by atoms with E-state index in [0.29, 0.717) is 19.2 Å². The largest absolute Gasteiger partial charge is 0.446 e. The van der Waals surface area contributed by atoms with Gasteiger partial charge in [-0.05, 0) is 44.5 Å². The van der Waals surface area contributed by atoms with Crippen molar-refractivity contribution in [2.45, 2.75) is 32.9 Å². The molecule has 0 unspecified atom stereocenters. The second-order valence-corrected chi connectivity index (χ2v) is 8.41. The number of furan rings is 1. The monoisotopic (exact) mass is 445 g/mol. The standard InChI is InChI=1S/C23H25F2N3O4/c1-23(2,3)28(7-8-29)12-13-5-4-6-14(9-13)22(31)27-18-16-10-15(24)11-17(25)19(16)32-20(18)21(26)30/h4-6,9-11,29H,7-8,12H2,1-3H3,(H2,26,30)(H,27,31). The first-order valence-corrected chi connectivity index (χ1v) is 9.99. The molecule has 0 radical (unpaired) electrons. The number of aliphatic hydroxyl groups is 1. The molecule has 0 saturated heterocycles. The van der Waals surface area contributed by atoms with E-state index in [1.54, 1.807) is 18.2 Å². The van der Waals surface area contributed by atoms with E-state index in [9.17, 15) is 23.5 Å². The SMILES string of the molecule is CC(C)(C)N(CCO)Cc1cccc(C(=O)Nc2c(C(N)=O)oc3c(F)cc(F)cc23)c1. The lowest BCUT2D eigenvalue weighted by atomic mass is 10.0. The maximum atomic E-state index is 14.1. The number of hydrogen-bond donors (Lipinski definition) is 3. The number of benzene rings is 2. The van der Waals surface area contributed by atoms with Crippen LogP contribution in [0.3, 0.4) is 0 Å². The van der Waals surface area contributed by atoms with Gasteiger partial charge in [0.1, 0.15) is 11.5 Å². The molecule has 9 heteroatoms. The zero-order valence-electron chi connectivity index (χ0n) is 18.0. The van der Waals surface area contributed by atoms with Crippen molar-refractivity contribution < 1.29 is 27.9 Å². The van der Waals surface area contributed by atoms with E-state index in [1.807, 2.05) is 26.8 Å². The average molecular weight is 445 g/mol. The van der Waals surface area contributed by atoms with Gasteiger partial charge in [0.15, 0.2) is 11.4 Å². The van der Waals surface area contributed by atoms with Gasteiger partial charge < -0.3 is 20.6 Å². The van der Waals surface area contributed by atoms with Crippen molar-refractivity contribution in [1.82, 2.24) is 4.90 Å². The number of nitrogens with one attached hydrogen (secondary N) is 1. The van der Waals surface area contributed by atoms with Crippen molar-refractivity contribution >= 4 is 28.5 Å². The molecule has 0 saturated carbocycles. The lowest BCUT2D eigenvalue weighted by Gasteiger charge is -2.35. The fraction of sp³-hybridized carbons (Fsp3) is 0.304.